The standard InChI is InChI=1S/C21H31N3O3/c1-4-14(2)6-5-9-24-12-17-16(18-7-8-21(17,13-24)26-18)11-22-20(25)19-10-15(3)23-27-19/h6,10,16-18H,4-5,7-9,11-13H2,1-3H3,(H,22,25)/b14-6+/t16-,17+,18+,21+/m0/s1. The van der Waals surface area contributed by atoms with Crippen LogP contribution in [0.2, 0.25) is 0 Å². The fourth-order valence-electron chi connectivity index (χ4n) is 5.14. The number of carbonyl (C=O) groups excluding carboxylic acids is 1. The highest BCUT2D eigenvalue weighted by Crippen LogP contribution is 2.54. The highest BCUT2D eigenvalue weighted by atomic mass is 16.5. The molecule has 4 rings (SSSR count). The Morgan fingerprint density at radius 2 is 2.37 bits per heavy atom. The topological polar surface area (TPSA) is 67.6 Å². The number of likely N-dealkylation sites (tertiary alicyclic amines) is 1. The van der Waals surface area contributed by atoms with Gasteiger partial charge in [0.05, 0.1) is 17.4 Å². The highest BCUT2D eigenvalue weighted by Gasteiger charge is 2.62. The number of aromatic nitrogens is 1. The van der Waals surface area contributed by atoms with E-state index in [9.17, 15) is 4.79 Å². The number of carbonyl (C=O) groups is 1. The van der Waals surface area contributed by atoms with E-state index in [0.29, 0.717) is 18.4 Å². The molecule has 1 aromatic rings. The van der Waals surface area contributed by atoms with Crippen LogP contribution in [0.15, 0.2) is 22.2 Å². The van der Waals surface area contributed by atoms with E-state index in [1.165, 1.54) is 5.57 Å². The summed E-state index contributed by atoms with van der Waals surface area (Å²) in [6.45, 7) is 10.1. The first kappa shape index (κ1) is 18.7. The molecule has 27 heavy (non-hydrogen) atoms. The minimum Gasteiger partial charge on any atom is -0.370 e. The summed E-state index contributed by atoms with van der Waals surface area (Å²) in [5.74, 6) is 1.02. The van der Waals surface area contributed by atoms with Crippen molar-refractivity contribution in [2.24, 2.45) is 11.8 Å². The molecule has 1 amide bonds. The molecule has 6 heteroatoms. The number of amides is 1. The van der Waals surface area contributed by atoms with E-state index in [0.717, 1.165) is 51.0 Å². The second-order valence-electron chi connectivity index (χ2n) is 8.50. The predicted octanol–water partition coefficient (Wildman–Crippen LogP) is 2.94. The highest BCUT2D eigenvalue weighted by molar-refractivity contribution is 5.91. The van der Waals surface area contributed by atoms with Crippen LogP contribution in [0.4, 0.5) is 0 Å². The minimum atomic E-state index is -0.178. The summed E-state index contributed by atoms with van der Waals surface area (Å²) in [6, 6.07) is 1.68. The van der Waals surface area contributed by atoms with Gasteiger partial charge in [-0.3, -0.25) is 9.69 Å². The van der Waals surface area contributed by atoms with E-state index in [4.69, 9.17) is 9.26 Å². The second-order valence-corrected chi connectivity index (χ2v) is 8.50. The normalized spacial score (nSPS) is 32.9. The van der Waals surface area contributed by atoms with Crippen molar-refractivity contribution in [1.29, 1.82) is 0 Å². The smallest absolute Gasteiger partial charge is 0.289 e. The van der Waals surface area contributed by atoms with Crippen molar-refractivity contribution < 1.29 is 14.1 Å². The van der Waals surface area contributed by atoms with Gasteiger partial charge in [0.15, 0.2) is 0 Å². The number of fused-ring (bicyclic) bond motifs is 1. The Labute approximate surface area is 161 Å². The maximum Gasteiger partial charge on any atom is 0.289 e. The average molecular weight is 373 g/mol. The van der Waals surface area contributed by atoms with Gasteiger partial charge in [0, 0.05) is 44.1 Å². The number of nitrogens with one attached hydrogen (secondary N) is 1. The number of hydrogen-bond donors (Lipinski definition) is 1. The molecule has 3 saturated heterocycles. The molecule has 3 aliphatic rings. The first-order valence-corrected chi connectivity index (χ1v) is 10.3. The van der Waals surface area contributed by atoms with E-state index in [-0.39, 0.29) is 23.4 Å². The zero-order chi connectivity index (χ0) is 19.0. The Morgan fingerprint density at radius 3 is 3.11 bits per heavy atom. The molecule has 1 N–H and O–H groups in total. The van der Waals surface area contributed by atoms with Crippen molar-refractivity contribution in [2.75, 3.05) is 26.2 Å². The van der Waals surface area contributed by atoms with Crippen LogP contribution in [0.25, 0.3) is 0 Å². The maximum absolute atomic E-state index is 12.3. The molecule has 2 bridgehead atoms. The average Bonchev–Trinajstić information content (AvgIpc) is 3.39. The van der Waals surface area contributed by atoms with Gasteiger partial charge in [-0.15, -0.1) is 0 Å². The molecule has 0 saturated carbocycles. The fraction of sp³-hybridized carbons (Fsp3) is 0.714. The third kappa shape index (κ3) is 3.57. The molecule has 0 radical (unpaired) electrons. The third-order valence-electron chi connectivity index (χ3n) is 6.70. The lowest BCUT2D eigenvalue weighted by Crippen LogP contribution is -2.41. The first-order valence-electron chi connectivity index (χ1n) is 10.3. The molecule has 3 fully saturated rings. The van der Waals surface area contributed by atoms with Crippen LogP contribution in [-0.2, 0) is 4.74 Å². The summed E-state index contributed by atoms with van der Waals surface area (Å²) < 4.78 is 11.5. The van der Waals surface area contributed by atoms with E-state index in [1.807, 2.05) is 6.92 Å². The van der Waals surface area contributed by atoms with Gasteiger partial charge in [-0.25, -0.2) is 0 Å². The van der Waals surface area contributed by atoms with Crippen molar-refractivity contribution in [3.05, 3.63) is 29.2 Å². The fourth-order valence-corrected chi connectivity index (χ4v) is 5.14. The van der Waals surface area contributed by atoms with Gasteiger partial charge in [-0.05, 0) is 39.5 Å². The number of allylic oxidation sites excluding steroid dienone is 1. The monoisotopic (exact) mass is 373 g/mol. The van der Waals surface area contributed by atoms with Gasteiger partial charge >= 0.3 is 0 Å². The Hall–Kier alpha value is -1.66. The number of rotatable bonds is 7. The minimum absolute atomic E-state index is 0.0202. The van der Waals surface area contributed by atoms with E-state index in [1.54, 1.807) is 6.07 Å². The van der Waals surface area contributed by atoms with Crippen molar-refractivity contribution in [2.45, 2.75) is 58.2 Å². The van der Waals surface area contributed by atoms with E-state index in [2.05, 4.69) is 35.3 Å². The summed E-state index contributed by atoms with van der Waals surface area (Å²) in [5, 5.41) is 6.84. The van der Waals surface area contributed by atoms with Gasteiger partial charge < -0.3 is 14.6 Å². The molecule has 1 aromatic heterocycles. The van der Waals surface area contributed by atoms with Crippen LogP contribution in [-0.4, -0.2) is 53.8 Å². The molecule has 0 unspecified atom stereocenters. The lowest BCUT2D eigenvalue weighted by Gasteiger charge is -2.29. The summed E-state index contributed by atoms with van der Waals surface area (Å²) in [5.41, 5.74) is 2.21. The van der Waals surface area contributed by atoms with Crippen molar-refractivity contribution in [1.82, 2.24) is 15.4 Å². The molecular formula is C21H31N3O3. The second kappa shape index (κ2) is 7.40. The zero-order valence-electron chi connectivity index (χ0n) is 16.7. The summed E-state index contributed by atoms with van der Waals surface area (Å²) in [4.78, 5) is 14.9. The van der Waals surface area contributed by atoms with Crippen molar-refractivity contribution in [3.8, 4) is 0 Å². The van der Waals surface area contributed by atoms with Crippen LogP contribution in [0.3, 0.4) is 0 Å². The van der Waals surface area contributed by atoms with Crippen LogP contribution < -0.4 is 5.32 Å². The van der Waals surface area contributed by atoms with E-state index < -0.39 is 0 Å². The predicted molar refractivity (Wildman–Crippen MR) is 102 cm³/mol. The number of ether oxygens (including phenoxy) is 1. The molecular weight excluding hydrogens is 342 g/mol. The zero-order valence-corrected chi connectivity index (χ0v) is 16.7. The quantitative estimate of drug-likeness (QED) is 0.745. The molecule has 4 atom stereocenters. The van der Waals surface area contributed by atoms with Crippen LogP contribution in [0.5, 0.6) is 0 Å². The SMILES string of the molecule is CC/C(C)=C/CCN1C[C@@H]2[C@H](CNC(=O)c3cc(C)no3)[C@H]3CC[C@]2(C1)O3. The lowest BCUT2D eigenvalue weighted by atomic mass is 9.73. The molecule has 148 valence electrons. The van der Waals surface area contributed by atoms with Gasteiger partial charge in [-0.1, -0.05) is 23.7 Å². The molecule has 3 aliphatic heterocycles. The Balaban J connectivity index is 1.34. The molecule has 6 nitrogen and oxygen atoms in total. The number of nitrogens with zero attached hydrogens (tertiary/aromatic N) is 2. The third-order valence-corrected chi connectivity index (χ3v) is 6.70. The molecule has 0 aromatic carbocycles. The Morgan fingerprint density at radius 1 is 1.52 bits per heavy atom. The van der Waals surface area contributed by atoms with Gasteiger partial charge in [0.1, 0.15) is 0 Å². The van der Waals surface area contributed by atoms with Crippen LogP contribution in [0.1, 0.15) is 55.8 Å². The Kier molecular flexibility index (Phi) is 5.12. The van der Waals surface area contributed by atoms with Gasteiger partial charge in [0.25, 0.3) is 5.91 Å². The molecule has 0 aliphatic carbocycles. The Bertz CT molecular complexity index is 728. The first-order chi connectivity index (χ1) is 13.0. The van der Waals surface area contributed by atoms with Crippen LogP contribution >= 0.6 is 0 Å². The van der Waals surface area contributed by atoms with Crippen molar-refractivity contribution >= 4 is 5.91 Å². The summed E-state index contributed by atoms with van der Waals surface area (Å²) in [6.07, 6.45) is 7.16. The summed E-state index contributed by atoms with van der Waals surface area (Å²) >= 11 is 0. The lowest BCUT2D eigenvalue weighted by molar-refractivity contribution is 0.00289. The number of hydrogen-bond acceptors (Lipinski definition) is 5. The number of aryl methyl sites for hydroxylation is 1. The van der Waals surface area contributed by atoms with Gasteiger partial charge in [-0.2, -0.15) is 0 Å². The van der Waals surface area contributed by atoms with Crippen molar-refractivity contribution in [3.63, 3.8) is 0 Å². The molecule has 1 spiro atoms. The molecule has 4 heterocycles. The summed E-state index contributed by atoms with van der Waals surface area (Å²) in [7, 11) is 0. The van der Waals surface area contributed by atoms with Crippen LogP contribution in [0, 0.1) is 18.8 Å². The maximum atomic E-state index is 12.3. The largest absolute Gasteiger partial charge is 0.370 e. The van der Waals surface area contributed by atoms with E-state index >= 15 is 0 Å². The van der Waals surface area contributed by atoms with Gasteiger partial charge in [0.2, 0.25) is 5.76 Å².